The Bertz CT molecular complexity index is 755. The van der Waals surface area contributed by atoms with Gasteiger partial charge in [0.05, 0.1) is 23.4 Å². The average molecular weight is 419 g/mol. The molecule has 3 rings (SSSR count). The lowest BCUT2D eigenvalue weighted by Crippen LogP contribution is -2.49. The van der Waals surface area contributed by atoms with E-state index in [2.05, 4.69) is 10.2 Å². The third-order valence-electron chi connectivity index (χ3n) is 5.74. The van der Waals surface area contributed by atoms with Crippen LogP contribution in [-0.4, -0.2) is 81.3 Å². The summed E-state index contributed by atoms with van der Waals surface area (Å²) in [5, 5.41) is 3.33. The summed E-state index contributed by atoms with van der Waals surface area (Å²) in [6.07, 6.45) is 1.89. The van der Waals surface area contributed by atoms with Crippen LogP contribution in [-0.2, 0) is 4.74 Å². The molecule has 156 valence electrons. The van der Waals surface area contributed by atoms with E-state index in [4.69, 9.17) is 29.9 Å². The fourth-order valence-electron chi connectivity index (χ4n) is 4.02. The zero-order valence-corrected chi connectivity index (χ0v) is 17.6. The molecule has 1 aromatic rings. The first-order valence-electron chi connectivity index (χ1n) is 10.1. The lowest BCUT2D eigenvalue weighted by Gasteiger charge is -2.38. The number of carbonyl (C=O) groups excluding carboxylic acids is 2. The Labute approximate surface area is 178 Å². The van der Waals surface area contributed by atoms with Crippen LogP contribution in [0.25, 0.3) is 0 Å². The first-order valence-corrected chi connectivity index (χ1v) is 10.4. The van der Waals surface area contributed by atoms with E-state index in [9.17, 15) is 9.59 Å². The fraction of sp³-hybridized carbons (Fsp3) is 0.600. The van der Waals surface area contributed by atoms with Gasteiger partial charge in [-0.15, -0.1) is 0 Å². The van der Waals surface area contributed by atoms with Gasteiger partial charge < -0.3 is 20.7 Å². The molecule has 2 radical (unpaired) electrons. The third kappa shape index (κ3) is 5.87. The topological polar surface area (TPSA) is 87.9 Å². The lowest BCUT2D eigenvalue weighted by molar-refractivity contribution is -0.0329. The third-order valence-corrected chi connectivity index (χ3v) is 6.07. The van der Waals surface area contributed by atoms with Crippen molar-refractivity contribution in [1.82, 2.24) is 15.1 Å². The highest BCUT2D eigenvalue weighted by molar-refractivity contribution is 6.56. The standard InChI is InChI=1S/C20H28BClN4O3/c1-13-8-18(23)17(22)9-16(13)19(27)24-10-15-12-25(6-7-29-15)11-14-2-4-26(5-3-14)20(21)28/h8-9,14-15H,2-7,10-12,23H2,1H3,(H,24,27). The van der Waals surface area contributed by atoms with Crippen molar-refractivity contribution >= 4 is 36.8 Å². The van der Waals surface area contributed by atoms with Crippen LogP contribution in [0.5, 0.6) is 0 Å². The van der Waals surface area contributed by atoms with E-state index in [-0.39, 0.29) is 17.8 Å². The van der Waals surface area contributed by atoms with Gasteiger partial charge in [-0.25, -0.2) is 0 Å². The Morgan fingerprint density at radius 1 is 1.31 bits per heavy atom. The molecule has 0 aromatic heterocycles. The van der Waals surface area contributed by atoms with E-state index in [0.29, 0.717) is 35.3 Å². The number of hydrogen-bond donors (Lipinski definition) is 2. The fourth-order valence-corrected chi connectivity index (χ4v) is 4.18. The maximum atomic E-state index is 12.5. The van der Waals surface area contributed by atoms with Crippen LogP contribution < -0.4 is 11.1 Å². The second-order valence-corrected chi connectivity index (χ2v) is 8.33. The SMILES string of the molecule is [B]C(=O)N1CCC(CN2CCOC(CNC(=O)c3cc(Cl)c(N)cc3C)C2)CC1. The smallest absolute Gasteiger partial charge is 0.251 e. The minimum Gasteiger partial charge on any atom is -0.398 e. The van der Waals surface area contributed by atoms with Gasteiger partial charge in [0.25, 0.3) is 5.91 Å². The molecular formula is C20H28BClN4O3. The van der Waals surface area contributed by atoms with Gasteiger partial charge >= 0.3 is 0 Å². The van der Waals surface area contributed by atoms with Gasteiger partial charge in [-0.1, -0.05) is 11.6 Å². The number of morpholine rings is 1. The van der Waals surface area contributed by atoms with Gasteiger partial charge in [-0.3, -0.25) is 14.5 Å². The molecule has 2 aliphatic heterocycles. The molecule has 2 heterocycles. The maximum absolute atomic E-state index is 12.5. The van der Waals surface area contributed by atoms with E-state index in [1.807, 2.05) is 6.92 Å². The molecule has 1 atom stereocenters. The zero-order valence-electron chi connectivity index (χ0n) is 16.8. The van der Waals surface area contributed by atoms with Crippen LogP contribution in [0.15, 0.2) is 12.1 Å². The number of hydrogen-bond acceptors (Lipinski definition) is 5. The van der Waals surface area contributed by atoms with Crippen LogP contribution >= 0.6 is 11.6 Å². The van der Waals surface area contributed by atoms with Gasteiger partial charge in [0.2, 0.25) is 7.85 Å². The Kier molecular flexibility index (Phi) is 7.43. The van der Waals surface area contributed by atoms with Gasteiger partial charge in [0, 0.05) is 44.8 Å². The van der Waals surface area contributed by atoms with Crippen molar-refractivity contribution in [3.8, 4) is 0 Å². The number of anilines is 1. The van der Waals surface area contributed by atoms with E-state index in [1.54, 1.807) is 17.0 Å². The van der Waals surface area contributed by atoms with Crippen LogP contribution in [0.3, 0.4) is 0 Å². The van der Waals surface area contributed by atoms with E-state index >= 15 is 0 Å². The summed E-state index contributed by atoms with van der Waals surface area (Å²) >= 11 is 6.05. The van der Waals surface area contributed by atoms with E-state index in [1.165, 1.54) is 0 Å². The van der Waals surface area contributed by atoms with Gasteiger partial charge in [0.1, 0.15) is 0 Å². The predicted molar refractivity (Wildman–Crippen MR) is 115 cm³/mol. The number of amides is 2. The Morgan fingerprint density at radius 3 is 2.72 bits per heavy atom. The minimum absolute atomic E-state index is 0.0528. The molecule has 9 heteroatoms. The molecule has 7 nitrogen and oxygen atoms in total. The Morgan fingerprint density at radius 2 is 2.03 bits per heavy atom. The summed E-state index contributed by atoms with van der Waals surface area (Å²) in [5.74, 6) is 0.0470. The molecule has 1 aromatic carbocycles. The molecular weight excluding hydrogens is 391 g/mol. The predicted octanol–water partition coefficient (Wildman–Crippen LogP) is 1.66. The molecule has 2 saturated heterocycles. The monoisotopic (exact) mass is 418 g/mol. The summed E-state index contributed by atoms with van der Waals surface area (Å²) in [7, 11) is 5.35. The largest absolute Gasteiger partial charge is 0.398 e. The molecule has 0 aliphatic carbocycles. The number of aryl methyl sites for hydroxylation is 1. The highest BCUT2D eigenvalue weighted by Crippen LogP contribution is 2.23. The highest BCUT2D eigenvalue weighted by atomic mass is 35.5. The molecule has 3 N–H and O–H groups in total. The summed E-state index contributed by atoms with van der Waals surface area (Å²) in [6.45, 7) is 7.02. The Balaban J connectivity index is 1.46. The summed E-state index contributed by atoms with van der Waals surface area (Å²) in [5.41, 5.74) is 7.56. The van der Waals surface area contributed by atoms with E-state index < -0.39 is 0 Å². The van der Waals surface area contributed by atoms with Crippen molar-refractivity contribution in [3.05, 3.63) is 28.3 Å². The molecule has 2 fully saturated rings. The van der Waals surface area contributed by atoms with Gasteiger partial charge in [-0.2, -0.15) is 0 Å². The number of benzene rings is 1. The van der Waals surface area contributed by atoms with Crippen molar-refractivity contribution in [3.63, 3.8) is 0 Å². The van der Waals surface area contributed by atoms with Crippen LogP contribution in [0.2, 0.25) is 5.02 Å². The molecule has 2 aliphatic rings. The number of nitrogen functional groups attached to an aromatic ring is 1. The van der Waals surface area contributed by atoms with Crippen molar-refractivity contribution in [2.45, 2.75) is 25.9 Å². The second-order valence-electron chi connectivity index (χ2n) is 7.92. The number of carbonyl (C=O) groups is 2. The van der Waals surface area contributed by atoms with Crippen molar-refractivity contribution in [2.24, 2.45) is 5.92 Å². The van der Waals surface area contributed by atoms with Crippen molar-refractivity contribution in [2.75, 3.05) is 51.6 Å². The van der Waals surface area contributed by atoms with Crippen molar-refractivity contribution < 1.29 is 14.3 Å². The number of halogens is 1. The Hall–Kier alpha value is -1.77. The molecule has 2 amide bonds. The van der Waals surface area contributed by atoms with Crippen molar-refractivity contribution in [1.29, 1.82) is 0 Å². The number of nitrogens with zero attached hydrogens (tertiary/aromatic N) is 2. The minimum atomic E-state index is -0.330. The average Bonchev–Trinajstić information content (AvgIpc) is 2.69. The zero-order chi connectivity index (χ0) is 21.0. The highest BCUT2D eigenvalue weighted by Gasteiger charge is 2.26. The van der Waals surface area contributed by atoms with Crippen LogP contribution in [0.4, 0.5) is 10.5 Å². The van der Waals surface area contributed by atoms with Crippen LogP contribution in [0, 0.1) is 12.8 Å². The first kappa shape index (κ1) is 21.9. The first-order chi connectivity index (χ1) is 13.8. The van der Waals surface area contributed by atoms with Crippen LogP contribution in [0.1, 0.15) is 28.8 Å². The number of nitrogens with one attached hydrogen (secondary N) is 1. The summed E-state index contributed by atoms with van der Waals surface area (Å²) in [4.78, 5) is 27.9. The molecule has 0 spiro atoms. The number of rotatable bonds is 5. The van der Waals surface area contributed by atoms with Gasteiger partial charge in [-0.05, 0) is 43.4 Å². The maximum Gasteiger partial charge on any atom is 0.251 e. The molecule has 1 unspecified atom stereocenters. The summed E-state index contributed by atoms with van der Waals surface area (Å²) < 4.78 is 5.83. The second kappa shape index (κ2) is 9.83. The van der Waals surface area contributed by atoms with E-state index in [0.717, 1.165) is 51.1 Å². The number of ether oxygens (including phenoxy) is 1. The number of nitrogens with two attached hydrogens (primary N) is 1. The number of piperidine rings is 1. The molecule has 0 bridgehead atoms. The van der Waals surface area contributed by atoms with Gasteiger partial charge in [0.15, 0.2) is 5.81 Å². The summed E-state index contributed by atoms with van der Waals surface area (Å²) in [6, 6.07) is 3.31. The lowest BCUT2D eigenvalue weighted by atomic mass is 9.94. The molecule has 0 saturated carbocycles. The molecule has 29 heavy (non-hydrogen) atoms. The number of likely N-dealkylation sites (tertiary alicyclic amines) is 1. The normalized spacial score (nSPS) is 21.2. The quantitative estimate of drug-likeness (QED) is 0.561.